The topological polar surface area (TPSA) is 75.0 Å². The van der Waals surface area contributed by atoms with E-state index in [2.05, 4.69) is 5.43 Å². The van der Waals surface area contributed by atoms with Crippen molar-refractivity contribution in [1.82, 2.24) is 10.4 Å². The van der Waals surface area contributed by atoms with Gasteiger partial charge in [0.25, 0.3) is 0 Å². The van der Waals surface area contributed by atoms with Crippen LogP contribution in [0.25, 0.3) is 0 Å². The van der Waals surface area contributed by atoms with Crippen LogP contribution in [0.3, 0.4) is 0 Å². The van der Waals surface area contributed by atoms with Crippen LogP contribution in [0.5, 0.6) is 0 Å². The number of rotatable bonds is 3. The molecule has 0 amide bonds. The van der Waals surface area contributed by atoms with Crippen molar-refractivity contribution in [2.24, 2.45) is 0 Å². The molecule has 2 unspecified atom stereocenters. The van der Waals surface area contributed by atoms with Gasteiger partial charge in [-0.05, 0) is 6.92 Å². The fraction of sp³-hybridized carbons (Fsp3) is 0.714. The number of hydrogen-bond acceptors (Lipinski definition) is 5. The van der Waals surface area contributed by atoms with E-state index in [1.165, 1.54) is 0 Å². The minimum absolute atomic E-state index is 0.113. The van der Waals surface area contributed by atoms with Crippen molar-refractivity contribution in [1.29, 1.82) is 5.26 Å². The summed E-state index contributed by atoms with van der Waals surface area (Å²) < 4.78 is 4.80. The van der Waals surface area contributed by atoms with Crippen LogP contribution in [0.2, 0.25) is 0 Å². The van der Waals surface area contributed by atoms with E-state index in [9.17, 15) is 4.79 Å². The van der Waals surface area contributed by atoms with Crippen molar-refractivity contribution >= 4 is 5.97 Å². The van der Waals surface area contributed by atoms with Gasteiger partial charge >= 0.3 is 5.97 Å². The monoisotopic (exact) mass is 169 g/mol. The molecule has 1 fully saturated rings. The van der Waals surface area contributed by atoms with Crippen LogP contribution in [-0.4, -0.2) is 30.3 Å². The van der Waals surface area contributed by atoms with Crippen molar-refractivity contribution in [3.8, 4) is 6.07 Å². The summed E-state index contributed by atoms with van der Waals surface area (Å²) in [6.45, 7) is 2.07. The van der Waals surface area contributed by atoms with Gasteiger partial charge in [0, 0.05) is 7.05 Å². The van der Waals surface area contributed by atoms with E-state index >= 15 is 0 Å². The Hall–Kier alpha value is -1.12. The molecule has 1 aliphatic heterocycles. The molecule has 0 radical (unpaired) electrons. The van der Waals surface area contributed by atoms with Gasteiger partial charge in [0.15, 0.2) is 0 Å². The molecule has 66 valence electrons. The maximum Gasteiger partial charge on any atom is 0.345 e. The lowest BCUT2D eigenvalue weighted by Crippen LogP contribution is -2.31. The van der Waals surface area contributed by atoms with Crippen molar-refractivity contribution in [3.05, 3.63) is 0 Å². The smallest absolute Gasteiger partial charge is 0.345 e. The summed E-state index contributed by atoms with van der Waals surface area (Å²) in [4.78, 5) is 11.3. The zero-order valence-corrected chi connectivity index (χ0v) is 7.13. The molecule has 0 aromatic rings. The summed E-state index contributed by atoms with van der Waals surface area (Å²) in [5, 5.41) is 10.0. The van der Waals surface area contributed by atoms with Gasteiger partial charge in [-0.2, -0.15) is 5.26 Å². The number of nitrogens with one attached hydrogen (secondary N) is 1. The highest BCUT2D eigenvalue weighted by molar-refractivity contribution is 5.83. The minimum atomic E-state index is -0.870. The zero-order chi connectivity index (χ0) is 9.19. The number of esters is 1. The Balaban J connectivity index is 2.58. The van der Waals surface area contributed by atoms with Crippen LogP contribution >= 0.6 is 0 Å². The van der Waals surface area contributed by atoms with Crippen molar-refractivity contribution in [3.63, 3.8) is 0 Å². The van der Waals surface area contributed by atoms with Gasteiger partial charge in [-0.1, -0.05) is 0 Å². The molecule has 12 heavy (non-hydrogen) atoms. The van der Waals surface area contributed by atoms with Gasteiger partial charge in [0.05, 0.1) is 19.1 Å². The normalized spacial score (nSPS) is 32.2. The molecule has 5 nitrogen and oxygen atoms in total. The first-order valence-electron chi connectivity index (χ1n) is 3.73. The van der Waals surface area contributed by atoms with E-state index in [1.807, 2.05) is 6.07 Å². The summed E-state index contributed by atoms with van der Waals surface area (Å²) >= 11 is 0. The molecule has 0 aromatic heterocycles. The van der Waals surface area contributed by atoms with Crippen molar-refractivity contribution < 1.29 is 9.53 Å². The number of hydrogen-bond donors (Lipinski definition) is 1. The Bertz CT molecular complexity index is 235. The number of carbonyl (C=O) groups is 1. The van der Waals surface area contributed by atoms with E-state index in [0.29, 0.717) is 6.61 Å². The molecule has 0 aromatic carbocycles. The predicted molar refractivity (Wildman–Crippen MR) is 40.5 cm³/mol. The fourth-order valence-corrected chi connectivity index (χ4v) is 1.03. The second-order valence-corrected chi connectivity index (χ2v) is 2.59. The van der Waals surface area contributed by atoms with Gasteiger partial charge in [-0.3, -0.25) is 0 Å². The van der Waals surface area contributed by atoms with Crippen LogP contribution in [-0.2, 0) is 9.53 Å². The third kappa shape index (κ3) is 1.26. The third-order valence-corrected chi connectivity index (χ3v) is 1.82. The van der Waals surface area contributed by atoms with Crippen LogP contribution < -0.4 is 5.43 Å². The number of hydrazine groups is 1. The first-order chi connectivity index (χ1) is 5.67. The van der Waals surface area contributed by atoms with Crippen LogP contribution in [0.15, 0.2) is 0 Å². The lowest BCUT2D eigenvalue weighted by molar-refractivity contribution is -0.147. The van der Waals surface area contributed by atoms with E-state index in [-0.39, 0.29) is 12.4 Å². The molecule has 0 aliphatic carbocycles. The van der Waals surface area contributed by atoms with Crippen molar-refractivity contribution in [2.75, 3.05) is 13.7 Å². The molecule has 0 spiro atoms. The van der Waals surface area contributed by atoms with Crippen LogP contribution in [0.1, 0.15) is 13.3 Å². The van der Waals surface area contributed by atoms with E-state index in [4.69, 9.17) is 10.00 Å². The Morgan fingerprint density at radius 1 is 1.83 bits per heavy atom. The minimum Gasteiger partial charge on any atom is -0.464 e. The molecule has 5 heteroatoms. The summed E-state index contributed by atoms with van der Waals surface area (Å²) in [7, 11) is 1.70. The quantitative estimate of drug-likeness (QED) is 0.460. The fourth-order valence-electron chi connectivity index (χ4n) is 1.03. The molecule has 1 N–H and O–H groups in total. The summed E-state index contributed by atoms with van der Waals surface area (Å²) in [5.41, 5.74) is 1.90. The van der Waals surface area contributed by atoms with Gasteiger partial charge < -0.3 is 4.74 Å². The largest absolute Gasteiger partial charge is 0.464 e. The van der Waals surface area contributed by atoms with Gasteiger partial charge in [0.1, 0.15) is 0 Å². The predicted octanol–water partition coefficient (Wildman–Crippen LogP) is -0.391. The lowest BCUT2D eigenvalue weighted by Gasteiger charge is -2.07. The number of likely N-dealkylation sites (N-methyl/N-ethyl adjacent to an activating group) is 1. The highest BCUT2D eigenvalue weighted by Crippen LogP contribution is 2.27. The average molecular weight is 169 g/mol. The summed E-state index contributed by atoms with van der Waals surface area (Å²) in [6.07, 6.45) is 0.113. The number of nitrogens with zero attached hydrogens (tertiary/aromatic N) is 2. The Morgan fingerprint density at radius 3 is 2.75 bits per heavy atom. The molecule has 0 bridgehead atoms. The first kappa shape index (κ1) is 8.97. The highest BCUT2D eigenvalue weighted by atomic mass is 16.5. The molecule has 1 rings (SSSR count). The second-order valence-electron chi connectivity index (χ2n) is 2.59. The molecule has 1 saturated heterocycles. The van der Waals surface area contributed by atoms with Crippen molar-refractivity contribution in [2.45, 2.75) is 19.0 Å². The SMILES string of the molecule is CCOC(=O)C1(CC#N)NN1C. The second kappa shape index (κ2) is 3.09. The zero-order valence-electron chi connectivity index (χ0n) is 7.13. The molecular weight excluding hydrogens is 158 g/mol. The standard InChI is InChI=1S/C7H11N3O2/c1-3-12-6(11)7(4-5-8)9-10(7)2/h9H,3-4H2,1-2H3. The first-order valence-corrected chi connectivity index (χ1v) is 3.73. The molecule has 2 atom stereocenters. The van der Waals surface area contributed by atoms with Gasteiger partial charge in [-0.25, -0.2) is 15.2 Å². The van der Waals surface area contributed by atoms with E-state index in [1.54, 1.807) is 19.0 Å². The maximum atomic E-state index is 11.3. The molecule has 1 heterocycles. The summed E-state index contributed by atoms with van der Waals surface area (Å²) in [6, 6.07) is 1.94. The molecule has 0 saturated carbocycles. The van der Waals surface area contributed by atoms with E-state index in [0.717, 1.165) is 0 Å². The molecular formula is C7H11N3O2. The lowest BCUT2D eigenvalue weighted by atomic mass is 10.2. The van der Waals surface area contributed by atoms with Crippen LogP contribution in [0, 0.1) is 11.3 Å². The average Bonchev–Trinajstić information content (AvgIpc) is 2.64. The number of carbonyl (C=O) groups excluding carboxylic acids is 1. The highest BCUT2D eigenvalue weighted by Gasteiger charge is 2.57. The maximum absolute atomic E-state index is 11.3. The number of nitriles is 1. The number of ether oxygens (including phenoxy) is 1. The van der Waals surface area contributed by atoms with Gasteiger partial charge in [-0.15, -0.1) is 0 Å². The van der Waals surface area contributed by atoms with Gasteiger partial charge in [0.2, 0.25) is 5.66 Å². The van der Waals surface area contributed by atoms with E-state index < -0.39 is 5.66 Å². The van der Waals surface area contributed by atoms with Crippen LogP contribution in [0.4, 0.5) is 0 Å². The Labute approximate surface area is 70.9 Å². The Morgan fingerprint density at radius 2 is 2.42 bits per heavy atom. The Kier molecular flexibility index (Phi) is 2.31. The molecule has 1 aliphatic rings. The summed E-state index contributed by atoms with van der Waals surface area (Å²) in [5.74, 6) is -0.381. The third-order valence-electron chi connectivity index (χ3n) is 1.82.